The molecule has 0 saturated heterocycles. The predicted octanol–water partition coefficient (Wildman–Crippen LogP) is 4.60. The topological polar surface area (TPSA) is 39.2 Å². The molecule has 1 aromatic heterocycles. The summed E-state index contributed by atoms with van der Waals surface area (Å²) in [5.41, 5.74) is 1.36. The molecule has 3 nitrogen and oxygen atoms in total. The fourth-order valence-corrected chi connectivity index (χ4v) is 2.37. The lowest BCUT2D eigenvalue weighted by Crippen LogP contribution is -1.91. The SMILES string of the molecule is O=Cc1cc(Br)ccc1Oc1cccc2ncccc12. The summed E-state index contributed by atoms with van der Waals surface area (Å²) >= 11 is 3.34. The molecule has 3 rings (SSSR count). The number of ether oxygens (including phenoxy) is 1. The molecule has 0 radical (unpaired) electrons. The Morgan fingerprint density at radius 1 is 1.05 bits per heavy atom. The number of fused-ring (bicyclic) bond motifs is 1. The van der Waals surface area contributed by atoms with Crippen LogP contribution in [0.25, 0.3) is 10.9 Å². The second kappa shape index (κ2) is 5.43. The highest BCUT2D eigenvalue weighted by Gasteiger charge is 2.08. The van der Waals surface area contributed by atoms with Crippen LogP contribution >= 0.6 is 15.9 Å². The van der Waals surface area contributed by atoms with Gasteiger partial charge in [-0.25, -0.2) is 0 Å². The lowest BCUT2D eigenvalue weighted by atomic mass is 10.2. The van der Waals surface area contributed by atoms with E-state index in [0.717, 1.165) is 21.7 Å². The van der Waals surface area contributed by atoms with E-state index < -0.39 is 0 Å². The minimum Gasteiger partial charge on any atom is -0.456 e. The van der Waals surface area contributed by atoms with Crippen LogP contribution in [0.1, 0.15) is 10.4 Å². The van der Waals surface area contributed by atoms with Crippen LogP contribution in [0.2, 0.25) is 0 Å². The molecule has 0 aliphatic heterocycles. The molecular formula is C16H10BrNO2. The molecule has 0 spiro atoms. The summed E-state index contributed by atoms with van der Waals surface area (Å²) in [5, 5.41) is 0.912. The Kier molecular flexibility index (Phi) is 3.48. The van der Waals surface area contributed by atoms with Crippen molar-refractivity contribution in [1.82, 2.24) is 4.98 Å². The molecule has 3 aromatic rings. The Morgan fingerprint density at radius 2 is 1.95 bits per heavy atom. The van der Waals surface area contributed by atoms with Gasteiger partial charge in [0, 0.05) is 16.1 Å². The van der Waals surface area contributed by atoms with E-state index in [1.165, 1.54) is 0 Å². The zero-order chi connectivity index (χ0) is 13.9. The summed E-state index contributed by atoms with van der Waals surface area (Å²) in [4.78, 5) is 15.4. The van der Waals surface area contributed by atoms with Crippen molar-refractivity contribution in [2.75, 3.05) is 0 Å². The van der Waals surface area contributed by atoms with Gasteiger partial charge in [0.25, 0.3) is 0 Å². The number of hydrogen-bond donors (Lipinski definition) is 0. The van der Waals surface area contributed by atoms with Gasteiger partial charge in [-0.05, 0) is 42.5 Å². The lowest BCUT2D eigenvalue weighted by Gasteiger charge is -2.10. The third-order valence-corrected chi connectivity index (χ3v) is 3.42. The van der Waals surface area contributed by atoms with Crippen molar-refractivity contribution in [3.63, 3.8) is 0 Å². The van der Waals surface area contributed by atoms with Crippen LogP contribution in [-0.2, 0) is 0 Å². The van der Waals surface area contributed by atoms with E-state index in [-0.39, 0.29) is 0 Å². The number of rotatable bonds is 3. The van der Waals surface area contributed by atoms with E-state index in [4.69, 9.17) is 4.74 Å². The molecule has 0 bridgehead atoms. The van der Waals surface area contributed by atoms with Gasteiger partial charge < -0.3 is 4.74 Å². The van der Waals surface area contributed by atoms with Crippen molar-refractivity contribution in [1.29, 1.82) is 0 Å². The van der Waals surface area contributed by atoms with Gasteiger partial charge in [-0.1, -0.05) is 22.0 Å². The minimum absolute atomic E-state index is 0.500. The number of aromatic nitrogens is 1. The monoisotopic (exact) mass is 327 g/mol. The average Bonchev–Trinajstić information content (AvgIpc) is 2.49. The van der Waals surface area contributed by atoms with Gasteiger partial charge in [0.2, 0.25) is 0 Å². The van der Waals surface area contributed by atoms with Gasteiger partial charge in [0.15, 0.2) is 6.29 Å². The number of aldehydes is 1. The average molecular weight is 328 g/mol. The van der Waals surface area contributed by atoms with Gasteiger partial charge in [-0.3, -0.25) is 9.78 Å². The van der Waals surface area contributed by atoms with Crippen molar-refractivity contribution in [3.05, 3.63) is 64.8 Å². The lowest BCUT2D eigenvalue weighted by molar-refractivity contribution is 0.112. The molecule has 0 aliphatic rings. The third kappa shape index (κ3) is 2.42. The summed E-state index contributed by atoms with van der Waals surface area (Å²) in [5.74, 6) is 1.21. The molecule has 0 saturated carbocycles. The first-order chi connectivity index (χ1) is 9.78. The number of nitrogens with zero attached hydrogens (tertiary/aromatic N) is 1. The summed E-state index contributed by atoms with van der Waals surface area (Å²) in [6, 6.07) is 14.8. The zero-order valence-corrected chi connectivity index (χ0v) is 12.0. The Bertz CT molecular complexity index is 781. The van der Waals surface area contributed by atoms with Crippen LogP contribution in [0.15, 0.2) is 59.2 Å². The number of benzene rings is 2. The normalized spacial score (nSPS) is 10.4. The molecular weight excluding hydrogens is 318 g/mol. The Morgan fingerprint density at radius 3 is 2.80 bits per heavy atom. The number of pyridine rings is 1. The molecule has 0 N–H and O–H groups in total. The molecule has 0 amide bonds. The molecule has 2 aromatic carbocycles. The van der Waals surface area contributed by atoms with E-state index in [9.17, 15) is 4.79 Å². The van der Waals surface area contributed by atoms with Gasteiger partial charge in [-0.2, -0.15) is 0 Å². The number of carbonyl (C=O) groups excluding carboxylic acids is 1. The summed E-state index contributed by atoms with van der Waals surface area (Å²) in [7, 11) is 0. The molecule has 1 heterocycles. The highest BCUT2D eigenvalue weighted by molar-refractivity contribution is 9.10. The molecule has 4 heteroatoms. The largest absolute Gasteiger partial charge is 0.456 e. The third-order valence-electron chi connectivity index (χ3n) is 2.92. The summed E-state index contributed by atoms with van der Waals surface area (Å²) < 4.78 is 6.72. The zero-order valence-electron chi connectivity index (χ0n) is 10.4. The molecule has 0 atom stereocenters. The molecule has 0 aliphatic carbocycles. The first-order valence-electron chi connectivity index (χ1n) is 6.04. The second-order valence-corrected chi connectivity index (χ2v) is 5.14. The fraction of sp³-hybridized carbons (Fsp3) is 0. The van der Waals surface area contributed by atoms with Crippen LogP contribution in [0.4, 0.5) is 0 Å². The number of hydrogen-bond acceptors (Lipinski definition) is 3. The Hall–Kier alpha value is -2.20. The maximum atomic E-state index is 11.1. The predicted molar refractivity (Wildman–Crippen MR) is 81.3 cm³/mol. The molecule has 0 fully saturated rings. The van der Waals surface area contributed by atoms with Crippen LogP contribution in [0, 0.1) is 0 Å². The highest BCUT2D eigenvalue weighted by Crippen LogP contribution is 2.31. The highest BCUT2D eigenvalue weighted by atomic mass is 79.9. The first-order valence-corrected chi connectivity index (χ1v) is 6.83. The summed E-state index contributed by atoms with van der Waals surface area (Å²) in [6.45, 7) is 0. The van der Waals surface area contributed by atoms with Crippen molar-refractivity contribution in [2.24, 2.45) is 0 Å². The van der Waals surface area contributed by atoms with Crippen molar-refractivity contribution >= 4 is 33.1 Å². The van der Waals surface area contributed by atoms with Gasteiger partial charge in [0.05, 0.1) is 11.1 Å². The van der Waals surface area contributed by atoms with Crippen molar-refractivity contribution in [3.8, 4) is 11.5 Å². The Balaban J connectivity index is 2.08. The maximum Gasteiger partial charge on any atom is 0.153 e. The van der Waals surface area contributed by atoms with Crippen molar-refractivity contribution in [2.45, 2.75) is 0 Å². The van der Waals surface area contributed by atoms with Gasteiger partial charge in [0.1, 0.15) is 11.5 Å². The van der Waals surface area contributed by atoms with Crippen LogP contribution in [-0.4, -0.2) is 11.3 Å². The van der Waals surface area contributed by atoms with Gasteiger partial charge >= 0.3 is 0 Å². The quantitative estimate of drug-likeness (QED) is 0.660. The van der Waals surface area contributed by atoms with Gasteiger partial charge in [-0.15, -0.1) is 0 Å². The van der Waals surface area contributed by atoms with Crippen LogP contribution < -0.4 is 4.74 Å². The van der Waals surface area contributed by atoms with E-state index in [2.05, 4.69) is 20.9 Å². The van der Waals surface area contributed by atoms with E-state index >= 15 is 0 Å². The smallest absolute Gasteiger partial charge is 0.153 e. The molecule has 0 unspecified atom stereocenters. The van der Waals surface area contributed by atoms with Crippen LogP contribution in [0.3, 0.4) is 0 Å². The number of halogens is 1. The standard InChI is InChI=1S/C16H10BrNO2/c17-12-6-7-15(11(9-12)10-19)20-16-5-1-4-14-13(16)3-2-8-18-14/h1-10H. The number of carbonyl (C=O) groups is 1. The summed E-state index contributed by atoms with van der Waals surface area (Å²) in [6.07, 6.45) is 2.52. The van der Waals surface area contributed by atoms with E-state index in [0.29, 0.717) is 17.1 Å². The fourth-order valence-electron chi connectivity index (χ4n) is 1.99. The van der Waals surface area contributed by atoms with Crippen molar-refractivity contribution < 1.29 is 9.53 Å². The minimum atomic E-state index is 0.500. The second-order valence-electron chi connectivity index (χ2n) is 4.23. The van der Waals surface area contributed by atoms with Crippen LogP contribution in [0.5, 0.6) is 11.5 Å². The molecule has 98 valence electrons. The first kappa shape index (κ1) is 12.8. The maximum absolute atomic E-state index is 11.1. The molecule has 20 heavy (non-hydrogen) atoms. The van der Waals surface area contributed by atoms with E-state index in [1.807, 2.05) is 36.4 Å². The van der Waals surface area contributed by atoms with E-state index in [1.54, 1.807) is 18.3 Å². The Labute approximate surface area is 124 Å².